The first kappa shape index (κ1) is 9.48. The van der Waals surface area contributed by atoms with Crippen LogP contribution in [0.1, 0.15) is 0 Å². The molecule has 0 spiro atoms. The van der Waals surface area contributed by atoms with Crippen molar-refractivity contribution >= 4 is 33.3 Å². The zero-order chi connectivity index (χ0) is 12.1. The third-order valence-electron chi connectivity index (χ3n) is 3.33. The first-order chi connectivity index (χ1) is 8.84. The summed E-state index contributed by atoms with van der Waals surface area (Å²) in [6.07, 6.45) is 0. The van der Waals surface area contributed by atoms with Crippen molar-refractivity contribution in [3.05, 3.63) is 54.6 Å². The van der Waals surface area contributed by atoms with Crippen LogP contribution in [0.3, 0.4) is 0 Å². The number of imidazole rings is 1. The van der Waals surface area contributed by atoms with Crippen LogP contribution < -0.4 is 5.73 Å². The molecular formula is C15H11N3. The van der Waals surface area contributed by atoms with Crippen molar-refractivity contribution in [3.8, 4) is 0 Å². The Balaban J connectivity index is 2.39. The number of aromatic nitrogens is 2. The van der Waals surface area contributed by atoms with Crippen LogP contribution in [-0.2, 0) is 0 Å². The second-order valence-corrected chi connectivity index (χ2v) is 4.41. The van der Waals surface area contributed by atoms with Crippen molar-refractivity contribution in [3.63, 3.8) is 0 Å². The third-order valence-corrected chi connectivity index (χ3v) is 3.33. The lowest BCUT2D eigenvalue weighted by Gasteiger charge is -2.05. The van der Waals surface area contributed by atoms with Gasteiger partial charge < -0.3 is 5.73 Å². The average molecular weight is 233 g/mol. The van der Waals surface area contributed by atoms with Gasteiger partial charge in [0.1, 0.15) is 5.65 Å². The van der Waals surface area contributed by atoms with E-state index in [1.54, 1.807) is 0 Å². The molecule has 3 heteroatoms. The Kier molecular flexibility index (Phi) is 1.70. The first-order valence-corrected chi connectivity index (χ1v) is 5.89. The lowest BCUT2D eigenvalue weighted by atomic mass is 10.2. The Bertz CT molecular complexity index is 890. The van der Waals surface area contributed by atoms with Crippen LogP contribution in [-0.4, -0.2) is 9.38 Å². The summed E-state index contributed by atoms with van der Waals surface area (Å²) >= 11 is 0. The second-order valence-electron chi connectivity index (χ2n) is 4.41. The molecule has 0 bridgehead atoms. The second kappa shape index (κ2) is 3.23. The van der Waals surface area contributed by atoms with Crippen LogP contribution in [0.4, 0.5) is 5.69 Å². The van der Waals surface area contributed by atoms with Gasteiger partial charge in [0.25, 0.3) is 0 Å². The van der Waals surface area contributed by atoms with Crippen molar-refractivity contribution in [1.82, 2.24) is 9.38 Å². The van der Waals surface area contributed by atoms with Crippen molar-refractivity contribution < 1.29 is 0 Å². The van der Waals surface area contributed by atoms with Gasteiger partial charge in [0.2, 0.25) is 0 Å². The Morgan fingerprint density at radius 3 is 2.50 bits per heavy atom. The monoisotopic (exact) mass is 233 g/mol. The maximum absolute atomic E-state index is 6.09. The molecule has 0 atom stereocenters. The Labute approximate surface area is 103 Å². The fourth-order valence-electron chi connectivity index (χ4n) is 2.52. The van der Waals surface area contributed by atoms with E-state index in [4.69, 9.17) is 5.73 Å². The minimum absolute atomic E-state index is 0.772. The molecule has 4 rings (SSSR count). The zero-order valence-corrected chi connectivity index (χ0v) is 9.67. The fourth-order valence-corrected chi connectivity index (χ4v) is 2.52. The molecule has 0 amide bonds. The van der Waals surface area contributed by atoms with E-state index in [2.05, 4.69) is 21.5 Å². The molecule has 0 aliphatic carbocycles. The lowest BCUT2D eigenvalue weighted by molar-refractivity contribution is 1.30. The predicted octanol–water partition coefficient (Wildman–Crippen LogP) is 3.22. The average Bonchev–Trinajstić information content (AvgIpc) is 2.77. The van der Waals surface area contributed by atoms with E-state index < -0.39 is 0 Å². The maximum Gasteiger partial charge on any atom is 0.140 e. The number of nitrogen functional groups attached to an aromatic ring is 1. The number of hydrogen-bond donors (Lipinski definition) is 1. The Morgan fingerprint density at radius 2 is 1.61 bits per heavy atom. The van der Waals surface area contributed by atoms with Gasteiger partial charge in [-0.2, -0.15) is 0 Å². The normalized spacial score (nSPS) is 11.6. The van der Waals surface area contributed by atoms with E-state index in [0.29, 0.717) is 0 Å². The number of nitrogens with zero attached hydrogens (tertiary/aromatic N) is 2. The number of anilines is 1. The van der Waals surface area contributed by atoms with E-state index in [1.807, 2.05) is 42.5 Å². The number of pyridine rings is 1. The van der Waals surface area contributed by atoms with Gasteiger partial charge in [0, 0.05) is 17.1 Å². The Hall–Kier alpha value is -2.55. The van der Waals surface area contributed by atoms with Crippen LogP contribution in [0, 0.1) is 0 Å². The van der Waals surface area contributed by atoms with Crippen LogP contribution in [0.15, 0.2) is 54.6 Å². The van der Waals surface area contributed by atoms with E-state index in [-0.39, 0.29) is 0 Å². The predicted molar refractivity (Wildman–Crippen MR) is 74.6 cm³/mol. The molecular weight excluding hydrogens is 222 g/mol. The van der Waals surface area contributed by atoms with E-state index in [1.165, 1.54) is 0 Å². The standard InChI is InChI=1S/C15H11N3/c16-11-9-15-17-12-6-2-4-8-14(12)18(15)13-7-3-1-5-10(11)13/h1-9H,16H2. The molecule has 2 N–H and O–H groups in total. The van der Waals surface area contributed by atoms with Gasteiger partial charge in [-0.1, -0.05) is 30.3 Å². The smallest absolute Gasteiger partial charge is 0.140 e. The molecule has 0 aliphatic heterocycles. The fraction of sp³-hybridized carbons (Fsp3) is 0. The molecule has 0 radical (unpaired) electrons. The summed E-state index contributed by atoms with van der Waals surface area (Å²) in [5, 5.41) is 1.06. The highest BCUT2D eigenvalue weighted by atomic mass is 15.0. The zero-order valence-electron chi connectivity index (χ0n) is 9.67. The molecule has 0 saturated heterocycles. The molecule has 0 unspecified atom stereocenters. The molecule has 0 saturated carbocycles. The summed E-state index contributed by atoms with van der Waals surface area (Å²) in [6.45, 7) is 0. The number of rotatable bonds is 0. The molecule has 2 heterocycles. The summed E-state index contributed by atoms with van der Waals surface area (Å²) in [4.78, 5) is 4.61. The van der Waals surface area contributed by atoms with E-state index in [9.17, 15) is 0 Å². The van der Waals surface area contributed by atoms with Gasteiger partial charge in [-0.15, -0.1) is 0 Å². The Morgan fingerprint density at radius 1 is 0.889 bits per heavy atom. The highest BCUT2D eigenvalue weighted by Gasteiger charge is 2.08. The summed E-state index contributed by atoms with van der Waals surface area (Å²) in [5.41, 5.74) is 11.0. The van der Waals surface area contributed by atoms with Gasteiger partial charge in [-0.25, -0.2) is 4.98 Å². The molecule has 18 heavy (non-hydrogen) atoms. The van der Waals surface area contributed by atoms with Gasteiger partial charge in [0.05, 0.1) is 16.6 Å². The van der Waals surface area contributed by atoms with Gasteiger partial charge >= 0.3 is 0 Å². The maximum atomic E-state index is 6.09. The van der Waals surface area contributed by atoms with Crippen LogP contribution >= 0.6 is 0 Å². The number of fused-ring (bicyclic) bond motifs is 5. The number of nitrogens with two attached hydrogens (primary N) is 1. The van der Waals surface area contributed by atoms with Crippen LogP contribution in [0.2, 0.25) is 0 Å². The highest BCUT2D eigenvalue weighted by molar-refractivity contribution is 5.97. The molecule has 0 aliphatic rings. The lowest BCUT2D eigenvalue weighted by Crippen LogP contribution is -1.93. The van der Waals surface area contributed by atoms with Crippen molar-refractivity contribution in [1.29, 1.82) is 0 Å². The molecule has 2 aromatic heterocycles. The molecule has 3 nitrogen and oxygen atoms in total. The van der Waals surface area contributed by atoms with Crippen molar-refractivity contribution in [2.45, 2.75) is 0 Å². The summed E-state index contributed by atoms with van der Waals surface area (Å²) in [7, 11) is 0. The van der Waals surface area contributed by atoms with Crippen molar-refractivity contribution in [2.24, 2.45) is 0 Å². The SMILES string of the molecule is Nc1cc2nc3ccccc3n2c2ccccc12. The number of para-hydroxylation sites is 3. The third kappa shape index (κ3) is 1.10. The molecule has 0 fully saturated rings. The number of benzene rings is 2. The summed E-state index contributed by atoms with van der Waals surface area (Å²) in [5.74, 6) is 0. The summed E-state index contributed by atoms with van der Waals surface area (Å²) < 4.78 is 2.15. The molecule has 4 aromatic rings. The van der Waals surface area contributed by atoms with Gasteiger partial charge in [-0.3, -0.25) is 4.40 Å². The van der Waals surface area contributed by atoms with Gasteiger partial charge in [-0.05, 0) is 18.2 Å². The minimum Gasteiger partial charge on any atom is -0.398 e. The van der Waals surface area contributed by atoms with E-state index >= 15 is 0 Å². The van der Waals surface area contributed by atoms with Crippen molar-refractivity contribution in [2.75, 3.05) is 5.73 Å². The topological polar surface area (TPSA) is 43.3 Å². The quantitative estimate of drug-likeness (QED) is 0.506. The molecule has 86 valence electrons. The van der Waals surface area contributed by atoms with Gasteiger partial charge in [0.15, 0.2) is 0 Å². The van der Waals surface area contributed by atoms with Crippen LogP contribution in [0.25, 0.3) is 27.6 Å². The first-order valence-electron chi connectivity index (χ1n) is 5.89. The minimum atomic E-state index is 0.772. The number of hydrogen-bond acceptors (Lipinski definition) is 2. The highest BCUT2D eigenvalue weighted by Crippen LogP contribution is 2.27. The molecule has 2 aromatic carbocycles. The van der Waals surface area contributed by atoms with E-state index in [0.717, 1.165) is 33.3 Å². The van der Waals surface area contributed by atoms with Crippen LogP contribution in [0.5, 0.6) is 0 Å². The largest absolute Gasteiger partial charge is 0.398 e. The summed E-state index contributed by atoms with van der Waals surface area (Å²) in [6, 6.07) is 18.2.